The molecule has 7 heteroatoms. The van der Waals surface area contributed by atoms with E-state index in [1.165, 1.54) is 6.07 Å². The van der Waals surface area contributed by atoms with Crippen molar-refractivity contribution in [3.63, 3.8) is 0 Å². The highest BCUT2D eigenvalue weighted by Crippen LogP contribution is 2.10. The van der Waals surface area contributed by atoms with E-state index in [4.69, 9.17) is 4.42 Å². The topological polar surface area (TPSA) is 65.8 Å². The highest BCUT2D eigenvalue weighted by atomic mass is 19.1. The fourth-order valence-electron chi connectivity index (χ4n) is 2.93. The van der Waals surface area contributed by atoms with Crippen molar-refractivity contribution in [3.8, 4) is 0 Å². The summed E-state index contributed by atoms with van der Waals surface area (Å²) in [6.45, 7) is 2.98. The average Bonchev–Trinajstić information content (AvgIpc) is 3.16. The summed E-state index contributed by atoms with van der Waals surface area (Å²) in [7, 11) is 0. The highest BCUT2D eigenvalue weighted by Gasteiger charge is 2.23. The smallest absolute Gasteiger partial charge is 0.234 e. The molecule has 1 aromatic heterocycles. The van der Waals surface area contributed by atoms with Gasteiger partial charge in [-0.1, -0.05) is 18.2 Å². The second-order valence-corrected chi connectivity index (χ2v) is 6.28. The fraction of sp³-hybridized carbons (Fsp3) is 0.368. The Balaban J connectivity index is 1.40. The van der Waals surface area contributed by atoms with Gasteiger partial charge in [-0.05, 0) is 23.8 Å². The monoisotopic (exact) mass is 359 g/mol. The first-order valence-corrected chi connectivity index (χ1v) is 8.64. The van der Waals surface area contributed by atoms with Gasteiger partial charge in [-0.15, -0.1) is 0 Å². The summed E-state index contributed by atoms with van der Waals surface area (Å²) in [6.07, 6.45) is 1.63. The normalized spacial score (nSPS) is 15.0. The van der Waals surface area contributed by atoms with Gasteiger partial charge in [0.1, 0.15) is 11.6 Å². The molecular formula is C19H22FN3O3. The molecular weight excluding hydrogens is 337 g/mol. The van der Waals surface area contributed by atoms with Crippen molar-refractivity contribution in [2.24, 2.45) is 0 Å². The van der Waals surface area contributed by atoms with E-state index < -0.39 is 0 Å². The number of rotatable bonds is 6. The van der Waals surface area contributed by atoms with Gasteiger partial charge in [0.2, 0.25) is 11.8 Å². The van der Waals surface area contributed by atoms with Crippen molar-refractivity contribution in [1.29, 1.82) is 0 Å². The zero-order valence-electron chi connectivity index (χ0n) is 14.5. The van der Waals surface area contributed by atoms with Crippen LogP contribution in [0.5, 0.6) is 0 Å². The summed E-state index contributed by atoms with van der Waals surface area (Å²) in [4.78, 5) is 28.0. The number of hydrogen-bond acceptors (Lipinski definition) is 4. The van der Waals surface area contributed by atoms with Crippen molar-refractivity contribution in [2.45, 2.75) is 13.0 Å². The third kappa shape index (κ3) is 4.92. The minimum atomic E-state index is -0.354. The number of benzene rings is 1. The van der Waals surface area contributed by atoms with Gasteiger partial charge in [0.15, 0.2) is 0 Å². The standard InChI is InChI=1S/C19H22FN3O3/c20-17-6-2-1-4-15(17)12-19(25)23-9-7-22(8-10-23)14-18(24)21-13-16-5-3-11-26-16/h1-6,11H,7-10,12-14H2,(H,21,24). The second kappa shape index (κ2) is 8.62. The molecule has 1 fully saturated rings. The van der Waals surface area contributed by atoms with Crippen LogP contribution in [0, 0.1) is 5.82 Å². The molecule has 138 valence electrons. The zero-order valence-corrected chi connectivity index (χ0v) is 14.5. The van der Waals surface area contributed by atoms with Gasteiger partial charge < -0.3 is 14.6 Å². The molecule has 0 radical (unpaired) electrons. The van der Waals surface area contributed by atoms with Gasteiger partial charge in [-0.3, -0.25) is 14.5 Å². The molecule has 0 bridgehead atoms. The number of piperazine rings is 1. The molecule has 1 N–H and O–H groups in total. The summed E-state index contributed by atoms with van der Waals surface area (Å²) in [6, 6.07) is 9.91. The predicted molar refractivity (Wildman–Crippen MR) is 93.7 cm³/mol. The third-order valence-corrected chi connectivity index (χ3v) is 4.43. The summed E-state index contributed by atoms with van der Waals surface area (Å²) >= 11 is 0. The Kier molecular flexibility index (Phi) is 6.01. The van der Waals surface area contributed by atoms with Crippen molar-refractivity contribution in [3.05, 3.63) is 59.8 Å². The molecule has 1 saturated heterocycles. The Labute approximate surface area is 151 Å². The van der Waals surface area contributed by atoms with E-state index in [0.717, 1.165) is 0 Å². The summed E-state index contributed by atoms with van der Waals surface area (Å²) in [5.41, 5.74) is 0.414. The lowest BCUT2D eigenvalue weighted by atomic mass is 10.1. The van der Waals surface area contributed by atoms with Gasteiger partial charge in [0.05, 0.1) is 25.8 Å². The van der Waals surface area contributed by atoms with Crippen molar-refractivity contribution in [1.82, 2.24) is 15.1 Å². The number of hydrogen-bond donors (Lipinski definition) is 1. The minimum Gasteiger partial charge on any atom is -0.467 e. The quantitative estimate of drug-likeness (QED) is 0.847. The number of carbonyl (C=O) groups is 2. The number of halogens is 1. The molecule has 26 heavy (non-hydrogen) atoms. The maximum atomic E-state index is 13.7. The van der Waals surface area contributed by atoms with E-state index in [2.05, 4.69) is 5.32 Å². The Morgan fingerprint density at radius 2 is 1.85 bits per heavy atom. The molecule has 1 aromatic carbocycles. The second-order valence-electron chi connectivity index (χ2n) is 6.28. The number of furan rings is 1. The Morgan fingerprint density at radius 1 is 1.08 bits per heavy atom. The molecule has 0 atom stereocenters. The first-order valence-electron chi connectivity index (χ1n) is 8.64. The summed E-state index contributed by atoms with van der Waals surface area (Å²) in [5, 5.41) is 2.81. The minimum absolute atomic E-state index is 0.0658. The molecule has 6 nitrogen and oxygen atoms in total. The maximum absolute atomic E-state index is 13.7. The molecule has 0 spiro atoms. The lowest BCUT2D eigenvalue weighted by molar-refractivity contribution is -0.132. The van der Waals surface area contributed by atoms with E-state index in [9.17, 15) is 14.0 Å². The number of nitrogens with zero attached hydrogens (tertiary/aromatic N) is 2. The molecule has 1 aliphatic heterocycles. The van der Waals surface area contributed by atoms with Crippen LogP contribution in [0.15, 0.2) is 47.1 Å². The van der Waals surface area contributed by atoms with E-state index in [0.29, 0.717) is 44.0 Å². The lowest BCUT2D eigenvalue weighted by Crippen LogP contribution is -2.51. The molecule has 2 heterocycles. The summed E-state index contributed by atoms with van der Waals surface area (Å²) < 4.78 is 18.8. The highest BCUT2D eigenvalue weighted by molar-refractivity contribution is 5.79. The summed E-state index contributed by atoms with van der Waals surface area (Å²) in [5.74, 6) is 0.194. The van der Waals surface area contributed by atoms with Crippen LogP contribution in [0.25, 0.3) is 0 Å². The maximum Gasteiger partial charge on any atom is 0.234 e. The van der Waals surface area contributed by atoms with Gasteiger partial charge in [0, 0.05) is 26.2 Å². The lowest BCUT2D eigenvalue weighted by Gasteiger charge is -2.34. The number of amides is 2. The molecule has 0 aliphatic carbocycles. The molecule has 0 unspecified atom stereocenters. The van der Waals surface area contributed by atoms with E-state index in [-0.39, 0.29) is 30.6 Å². The number of nitrogens with one attached hydrogen (secondary N) is 1. The predicted octanol–water partition coefficient (Wildman–Crippen LogP) is 1.42. The largest absolute Gasteiger partial charge is 0.467 e. The molecule has 2 aromatic rings. The number of carbonyl (C=O) groups excluding carboxylic acids is 2. The fourth-order valence-corrected chi connectivity index (χ4v) is 2.93. The zero-order chi connectivity index (χ0) is 18.4. The van der Waals surface area contributed by atoms with Crippen LogP contribution in [-0.4, -0.2) is 54.3 Å². The Morgan fingerprint density at radius 3 is 2.54 bits per heavy atom. The SMILES string of the molecule is O=C(CN1CCN(C(=O)Cc2ccccc2F)CC1)NCc1ccco1. The van der Waals surface area contributed by atoms with Gasteiger partial charge in [-0.25, -0.2) is 4.39 Å². The average molecular weight is 359 g/mol. The first kappa shape index (κ1) is 18.1. The van der Waals surface area contributed by atoms with Crippen LogP contribution in [0.3, 0.4) is 0 Å². The van der Waals surface area contributed by atoms with Crippen molar-refractivity contribution >= 4 is 11.8 Å². The van der Waals surface area contributed by atoms with Crippen LogP contribution in [-0.2, 0) is 22.6 Å². The van der Waals surface area contributed by atoms with E-state index in [1.807, 2.05) is 4.90 Å². The molecule has 1 aliphatic rings. The Bertz CT molecular complexity index is 740. The van der Waals surface area contributed by atoms with Crippen LogP contribution in [0.1, 0.15) is 11.3 Å². The van der Waals surface area contributed by atoms with Crippen LogP contribution < -0.4 is 5.32 Å². The molecule has 0 saturated carbocycles. The third-order valence-electron chi connectivity index (χ3n) is 4.43. The Hall–Kier alpha value is -2.67. The van der Waals surface area contributed by atoms with Crippen molar-refractivity contribution < 1.29 is 18.4 Å². The van der Waals surface area contributed by atoms with Crippen LogP contribution in [0.2, 0.25) is 0 Å². The van der Waals surface area contributed by atoms with Crippen LogP contribution in [0.4, 0.5) is 4.39 Å². The first-order chi connectivity index (χ1) is 12.6. The van der Waals surface area contributed by atoms with Gasteiger partial charge in [0.25, 0.3) is 0 Å². The van der Waals surface area contributed by atoms with E-state index in [1.54, 1.807) is 41.5 Å². The van der Waals surface area contributed by atoms with Gasteiger partial charge >= 0.3 is 0 Å². The molecule has 3 rings (SSSR count). The van der Waals surface area contributed by atoms with Gasteiger partial charge in [-0.2, -0.15) is 0 Å². The van der Waals surface area contributed by atoms with E-state index >= 15 is 0 Å². The van der Waals surface area contributed by atoms with Crippen LogP contribution >= 0.6 is 0 Å². The van der Waals surface area contributed by atoms with Crippen molar-refractivity contribution in [2.75, 3.05) is 32.7 Å². The molecule has 2 amide bonds.